The molecule has 1 aromatic carbocycles. The molecule has 5 nitrogen and oxygen atoms in total. The first-order valence-electron chi connectivity index (χ1n) is 6.22. The topological polar surface area (TPSA) is 53.6 Å². The van der Waals surface area contributed by atoms with Gasteiger partial charge in [0.2, 0.25) is 0 Å². The fourth-order valence-electron chi connectivity index (χ4n) is 2.47. The molecule has 0 spiro atoms. The van der Waals surface area contributed by atoms with Crippen LogP contribution < -0.4 is 15.4 Å². The van der Waals surface area contributed by atoms with Gasteiger partial charge in [-0.15, -0.1) is 0 Å². The number of rotatable bonds is 1. The maximum Gasteiger partial charge on any atom is 0.267 e. The van der Waals surface area contributed by atoms with Crippen molar-refractivity contribution in [2.75, 3.05) is 32.0 Å². The molecule has 0 saturated carbocycles. The Morgan fingerprint density at radius 3 is 3.06 bits per heavy atom. The van der Waals surface area contributed by atoms with E-state index in [2.05, 4.69) is 22.6 Å². The molecule has 0 aromatic heterocycles. The lowest BCUT2D eigenvalue weighted by molar-refractivity contribution is -0.125. The number of nitrogens with one attached hydrogen (secondary N) is 2. The summed E-state index contributed by atoms with van der Waals surface area (Å²) in [4.78, 5) is 14.3. The number of hydrogen-bond acceptors (Lipinski definition) is 4. The standard InChI is InChI=1S/C13H17N3O2/c1-16-7-6-14-10(8-16)12-13(17)15-9-4-2-3-5-11(9)18-12/h2-5,10,12,14H,6-8H2,1H3,(H,15,17). The minimum atomic E-state index is -0.456. The summed E-state index contributed by atoms with van der Waals surface area (Å²) in [6.07, 6.45) is -0.456. The van der Waals surface area contributed by atoms with Crippen LogP contribution in [-0.2, 0) is 4.79 Å². The summed E-state index contributed by atoms with van der Waals surface area (Å²) in [6.45, 7) is 2.71. The molecule has 1 fully saturated rings. The number of likely N-dealkylation sites (N-methyl/N-ethyl adjacent to an activating group) is 1. The van der Waals surface area contributed by atoms with Gasteiger partial charge in [-0.1, -0.05) is 12.1 Å². The SMILES string of the molecule is CN1CCNC(C2Oc3ccccc3NC2=O)C1. The summed E-state index contributed by atoms with van der Waals surface area (Å²) in [5.74, 6) is 0.679. The van der Waals surface area contributed by atoms with Crippen molar-refractivity contribution in [3.05, 3.63) is 24.3 Å². The van der Waals surface area contributed by atoms with Crippen molar-refractivity contribution in [1.82, 2.24) is 10.2 Å². The molecule has 96 valence electrons. The van der Waals surface area contributed by atoms with Gasteiger partial charge in [-0.2, -0.15) is 0 Å². The Labute approximate surface area is 106 Å². The summed E-state index contributed by atoms with van der Waals surface area (Å²) in [7, 11) is 2.06. The van der Waals surface area contributed by atoms with Crippen molar-refractivity contribution in [3.63, 3.8) is 0 Å². The molecule has 0 bridgehead atoms. The van der Waals surface area contributed by atoms with Crippen LogP contribution in [0.3, 0.4) is 0 Å². The first-order valence-corrected chi connectivity index (χ1v) is 6.22. The van der Waals surface area contributed by atoms with Crippen molar-refractivity contribution in [3.8, 4) is 5.75 Å². The van der Waals surface area contributed by atoms with E-state index in [9.17, 15) is 4.79 Å². The maximum atomic E-state index is 12.1. The molecule has 2 aliphatic heterocycles. The van der Waals surface area contributed by atoms with Gasteiger partial charge in [-0.05, 0) is 19.2 Å². The maximum absolute atomic E-state index is 12.1. The van der Waals surface area contributed by atoms with Crippen LogP contribution in [0.1, 0.15) is 0 Å². The van der Waals surface area contributed by atoms with E-state index in [1.54, 1.807) is 0 Å². The van der Waals surface area contributed by atoms with Gasteiger partial charge in [-0.3, -0.25) is 4.79 Å². The highest BCUT2D eigenvalue weighted by molar-refractivity contribution is 5.98. The van der Waals surface area contributed by atoms with Crippen LogP contribution in [0.25, 0.3) is 0 Å². The van der Waals surface area contributed by atoms with Crippen LogP contribution in [0.5, 0.6) is 5.75 Å². The van der Waals surface area contributed by atoms with Crippen LogP contribution in [0.15, 0.2) is 24.3 Å². The fraction of sp³-hybridized carbons (Fsp3) is 0.462. The molecule has 0 radical (unpaired) electrons. The predicted molar refractivity (Wildman–Crippen MR) is 68.8 cm³/mol. The zero-order chi connectivity index (χ0) is 12.5. The molecule has 2 atom stereocenters. The lowest BCUT2D eigenvalue weighted by atomic mass is 10.1. The van der Waals surface area contributed by atoms with E-state index in [0.717, 1.165) is 31.1 Å². The number of anilines is 1. The Hall–Kier alpha value is -1.59. The molecule has 3 rings (SSSR count). The zero-order valence-corrected chi connectivity index (χ0v) is 10.3. The summed E-state index contributed by atoms with van der Waals surface area (Å²) in [5, 5.41) is 6.25. The largest absolute Gasteiger partial charge is 0.477 e. The number of benzene rings is 1. The second-order valence-electron chi connectivity index (χ2n) is 4.85. The lowest BCUT2D eigenvalue weighted by Crippen LogP contribution is -2.60. The number of para-hydroxylation sites is 2. The Bertz CT molecular complexity index is 463. The van der Waals surface area contributed by atoms with Gasteiger partial charge in [-0.25, -0.2) is 0 Å². The Morgan fingerprint density at radius 1 is 1.39 bits per heavy atom. The Morgan fingerprint density at radius 2 is 2.22 bits per heavy atom. The van der Waals surface area contributed by atoms with Crippen LogP contribution in [-0.4, -0.2) is 49.6 Å². The van der Waals surface area contributed by atoms with Crippen LogP contribution in [0.4, 0.5) is 5.69 Å². The number of ether oxygens (including phenoxy) is 1. The highest BCUT2D eigenvalue weighted by atomic mass is 16.5. The average Bonchev–Trinajstić information content (AvgIpc) is 2.38. The molecule has 0 aliphatic carbocycles. The quantitative estimate of drug-likeness (QED) is 0.749. The van der Waals surface area contributed by atoms with Crippen molar-refractivity contribution in [2.24, 2.45) is 0 Å². The number of amides is 1. The van der Waals surface area contributed by atoms with Crippen LogP contribution in [0.2, 0.25) is 0 Å². The molecular weight excluding hydrogens is 230 g/mol. The third-order valence-electron chi connectivity index (χ3n) is 3.43. The molecule has 1 aromatic rings. The van der Waals surface area contributed by atoms with Crippen LogP contribution >= 0.6 is 0 Å². The smallest absolute Gasteiger partial charge is 0.267 e. The second kappa shape index (κ2) is 4.59. The van der Waals surface area contributed by atoms with E-state index in [0.29, 0.717) is 0 Å². The van der Waals surface area contributed by atoms with Gasteiger partial charge >= 0.3 is 0 Å². The van der Waals surface area contributed by atoms with Crippen molar-refractivity contribution in [2.45, 2.75) is 12.1 Å². The summed E-state index contributed by atoms with van der Waals surface area (Å²) >= 11 is 0. The van der Waals surface area contributed by atoms with Gasteiger partial charge in [0.15, 0.2) is 6.10 Å². The summed E-state index contributed by atoms with van der Waals surface area (Å²) in [6, 6.07) is 7.57. The van der Waals surface area contributed by atoms with Crippen molar-refractivity contribution in [1.29, 1.82) is 0 Å². The minimum absolute atomic E-state index is 0.0390. The van der Waals surface area contributed by atoms with Crippen molar-refractivity contribution >= 4 is 11.6 Å². The Balaban J connectivity index is 1.80. The molecular formula is C13H17N3O2. The number of carbonyl (C=O) groups excluding carboxylic acids is 1. The molecule has 1 saturated heterocycles. The molecule has 2 unspecified atom stereocenters. The van der Waals surface area contributed by atoms with Gasteiger partial charge in [0.1, 0.15) is 5.75 Å². The molecule has 2 heterocycles. The van der Waals surface area contributed by atoms with Crippen molar-refractivity contribution < 1.29 is 9.53 Å². The average molecular weight is 247 g/mol. The zero-order valence-electron chi connectivity index (χ0n) is 10.3. The summed E-state index contributed by atoms with van der Waals surface area (Å²) < 4.78 is 5.83. The molecule has 2 N–H and O–H groups in total. The highest BCUT2D eigenvalue weighted by Crippen LogP contribution is 2.29. The number of piperazine rings is 1. The molecule has 2 aliphatic rings. The van der Waals surface area contributed by atoms with E-state index in [1.165, 1.54) is 0 Å². The molecule has 5 heteroatoms. The number of hydrogen-bond donors (Lipinski definition) is 2. The lowest BCUT2D eigenvalue weighted by Gasteiger charge is -2.37. The highest BCUT2D eigenvalue weighted by Gasteiger charge is 2.36. The number of nitrogens with zero attached hydrogens (tertiary/aromatic N) is 1. The number of fused-ring (bicyclic) bond motifs is 1. The van der Waals surface area contributed by atoms with E-state index >= 15 is 0 Å². The fourth-order valence-corrected chi connectivity index (χ4v) is 2.47. The first-order chi connectivity index (χ1) is 8.74. The molecule has 1 amide bonds. The molecule has 18 heavy (non-hydrogen) atoms. The van der Waals surface area contributed by atoms with E-state index in [4.69, 9.17) is 4.74 Å². The monoisotopic (exact) mass is 247 g/mol. The van der Waals surface area contributed by atoms with E-state index in [1.807, 2.05) is 24.3 Å². The van der Waals surface area contributed by atoms with E-state index < -0.39 is 6.10 Å². The minimum Gasteiger partial charge on any atom is -0.477 e. The first kappa shape index (κ1) is 11.5. The van der Waals surface area contributed by atoms with Crippen LogP contribution in [0, 0.1) is 0 Å². The Kier molecular flexibility index (Phi) is 2.93. The summed E-state index contributed by atoms with van der Waals surface area (Å²) in [5.41, 5.74) is 0.753. The van der Waals surface area contributed by atoms with E-state index in [-0.39, 0.29) is 11.9 Å². The van der Waals surface area contributed by atoms with Gasteiger partial charge in [0, 0.05) is 19.6 Å². The predicted octanol–water partition coefficient (Wildman–Crippen LogP) is 0.290. The van der Waals surface area contributed by atoms with Gasteiger partial charge in [0.25, 0.3) is 5.91 Å². The van der Waals surface area contributed by atoms with Gasteiger partial charge < -0.3 is 20.3 Å². The van der Waals surface area contributed by atoms with Gasteiger partial charge in [0.05, 0.1) is 11.7 Å². The number of carbonyl (C=O) groups is 1. The normalized spacial score (nSPS) is 28.2. The third-order valence-corrected chi connectivity index (χ3v) is 3.43. The third kappa shape index (κ3) is 2.07. The second-order valence-corrected chi connectivity index (χ2v) is 4.85.